The number of nitrogens with one attached hydrogen (secondary N) is 1. The first-order valence-corrected chi connectivity index (χ1v) is 9.95. The van der Waals surface area contributed by atoms with Gasteiger partial charge in [-0.05, 0) is 50.5 Å². The number of rotatable bonds is 2. The number of benzene rings is 1. The van der Waals surface area contributed by atoms with Crippen LogP contribution in [0.3, 0.4) is 0 Å². The number of aromatic nitrogens is 1. The fourth-order valence-corrected chi connectivity index (χ4v) is 4.22. The maximum absolute atomic E-state index is 13.3. The van der Waals surface area contributed by atoms with Gasteiger partial charge in [-0.3, -0.25) is 14.6 Å². The molecule has 3 heterocycles. The maximum atomic E-state index is 13.3. The Morgan fingerprint density at radius 2 is 1.68 bits per heavy atom. The normalized spacial score (nSPS) is 21.6. The molecule has 6 nitrogen and oxygen atoms in total. The van der Waals surface area contributed by atoms with Gasteiger partial charge in [0.2, 0.25) is 0 Å². The van der Waals surface area contributed by atoms with Crippen molar-refractivity contribution >= 4 is 17.5 Å². The number of anilines is 1. The number of nitrogens with zero attached hydrogens (tertiary/aromatic N) is 3. The first kappa shape index (κ1) is 18.5. The number of hydrogen-bond acceptors (Lipinski definition) is 4. The molecule has 4 rings (SSSR count). The van der Waals surface area contributed by atoms with Crippen LogP contribution in [0.2, 0.25) is 0 Å². The summed E-state index contributed by atoms with van der Waals surface area (Å²) >= 11 is 0. The molecule has 1 fully saturated rings. The quantitative estimate of drug-likeness (QED) is 0.873. The Kier molecular flexibility index (Phi) is 5.03. The Hall–Kier alpha value is -2.89. The molecular weight excluding hydrogens is 352 g/mol. The molecule has 2 aliphatic rings. The highest BCUT2D eigenvalue weighted by Gasteiger charge is 2.37. The van der Waals surface area contributed by atoms with Crippen molar-refractivity contribution in [1.82, 2.24) is 14.8 Å². The van der Waals surface area contributed by atoms with Crippen LogP contribution in [0.4, 0.5) is 5.69 Å². The highest BCUT2D eigenvalue weighted by molar-refractivity contribution is 6.01. The molecule has 0 spiro atoms. The molecule has 1 aromatic heterocycles. The minimum absolute atomic E-state index is 0.00685. The van der Waals surface area contributed by atoms with Crippen LogP contribution in [-0.2, 0) is 6.42 Å². The van der Waals surface area contributed by atoms with Crippen molar-refractivity contribution in [2.24, 2.45) is 0 Å². The van der Waals surface area contributed by atoms with E-state index < -0.39 is 0 Å². The standard InChI is InChI=1S/C22H26N4O2/c1-15-16(2)26(14-13-25(15)21(27)18-8-11-23-12-9-18)22(28)19-7-3-5-17-6-4-10-24-20(17)19/h3,5,7-9,11-12,15-16,24H,4,6,10,13-14H2,1-2H3/t15-,16-/m1/s1. The highest BCUT2D eigenvalue weighted by Crippen LogP contribution is 2.29. The Morgan fingerprint density at radius 1 is 1.00 bits per heavy atom. The van der Waals surface area contributed by atoms with Gasteiger partial charge in [0.25, 0.3) is 11.8 Å². The molecule has 0 radical (unpaired) electrons. The van der Waals surface area contributed by atoms with Crippen molar-refractivity contribution in [3.8, 4) is 0 Å². The summed E-state index contributed by atoms with van der Waals surface area (Å²) in [5.74, 6) is 0.0363. The summed E-state index contributed by atoms with van der Waals surface area (Å²) in [4.78, 5) is 34.0. The molecule has 2 amide bonds. The molecule has 1 saturated heterocycles. The molecule has 2 atom stereocenters. The van der Waals surface area contributed by atoms with Crippen LogP contribution in [-0.4, -0.2) is 58.3 Å². The molecule has 0 aliphatic carbocycles. The Bertz CT molecular complexity index is 883. The van der Waals surface area contributed by atoms with Crippen LogP contribution in [0.25, 0.3) is 0 Å². The molecule has 0 saturated carbocycles. The third-order valence-corrected chi connectivity index (χ3v) is 6.02. The molecule has 0 bridgehead atoms. The lowest BCUT2D eigenvalue weighted by molar-refractivity contribution is 0.0241. The van der Waals surface area contributed by atoms with Gasteiger partial charge in [-0.1, -0.05) is 12.1 Å². The minimum Gasteiger partial charge on any atom is -0.384 e. The Balaban J connectivity index is 1.54. The van der Waals surface area contributed by atoms with Gasteiger partial charge < -0.3 is 15.1 Å². The number of carbonyl (C=O) groups is 2. The molecule has 2 aromatic rings. The number of amides is 2. The summed E-state index contributed by atoms with van der Waals surface area (Å²) in [6.07, 6.45) is 5.36. The van der Waals surface area contributed by atoms with E-state index in [1.807, 2.05) is 35.8 Å². The van der Waals surface area contributed by atoms with Crippen molar-refractivity contribution in [2.45, 2.75) is 38.8 Å². The van der Waals surface area contributed by atoms with Gasteiger partial charge in [0.1, 0.15) is 0 Å². The fraction of sp³-hybridized carbons (Fsp3) is 0.409. The van der Waals surface area contributed by atoms with Crippen molar-refractivity contribution < 1.29 is 9.59 Å². The average molecular weight is 378 g/mol. The molecule has 146 valence electrons. The summed E-state index contributed by atoms with van der Waals surface area (Å²) < 4.78 is 0. The second-order valence-corrected chi connectivity index (χ2v) is 7.58. The van der Waals surface area contributed by atoms with Crippen molar-refractivity contribution in [3.05, 3.63) is 59.4 Å². The van der Waals surface area contributed by atoms with Crippen LogP contribution < -0.4 is 5.32 Å². The number of piperazine rings is 1. The smallest absolute Gasteiger partial charge is 0.256 e. The van der Waals surface area contributed by atoms with Crippen LogP contribution in [0, 0.1) is 0 Å². The number of pyridine rings is 1. The second kappa shape index (κ2) is 7.62. The van der Waals surface area contributed by atoms with Crippen molar-refractivity contribution in [3.63, 3.8) is 0 Å². The Morgan fingerprint density at radius 3 is 2.39 bits per heavy atom. The molecule has 2 aliphatic heterocycles. The number of fused-ring (bicyclic) bond motifs is 1. The predicted molar refractivity (Wildman–Crippen MR) is 108 cm³/mol. The third-order valence-electron chi connectivity index (χ3n) is 6.02. The molecular formula is C22H26N4O2. The van der Waals surface area contributed by atoms with E-state index in [9.17, 15) is 9.59 Å². The first-order chi connectivity index (χ1) is 13.6. The highest BCUT2D eigenvalue weighted by atomic mass is 16.2. The number of aryl methyl sites for hydroxylation is 1. The van der Waals surface area contributed by atoms with Gasteiger partial charge in [-0.15, -0.1) is 0 Å². The predicted octanol–water partition coefficient (Wildman–Crippen LogP) is 2.81. The van der Waals surface area contributed by atoms with E-state index >= 15 is 0 Å². The summed E-state index contributed by atoms with van der Waals surface area (Å²) in [6, 6.07) is 9.31. The van der Waals surface area contributed by atoms with Gasteiger partial charge >= 0.3 is 0 Å². The summed E-state index contributed by atoms with van der Waals surface area (Å²) in [5, 5.41) is 3.41. The third kappa shape index (κ3) is 3.23. The van der Waals surface area contributed by atoms with E-state index in [0.717, 1.165) is 30.6 Å². The minimum atomic E-state index is -0.0640. The van der Waals surface area contributed by atoms with E-state index in [-0.39, 0.29) is 23.9 Å². The van der Waals surface area contributed by atoms with E-state index in [4.69, 9.17) is 0 Å². The lowest BCUT2D eigenvalue weighted by atomic mass is 9.97. The maximum Gasteiger partial charge on any atom is 0.256 e. The number of carbonyl (C=O) groups excluding carboxylic acids is 2. The second-order valence-electron chi connectivity index (χ2n) is 7.58. The van der Waals surface area contributed by atoms with Crippen molar-refractivity contribution in [2.75, 3.05) is 25.0 Å². The van der Waals surface area contributed by atoms with E-state index in [2.05, 4.69) is 16.4 Å². The van der Waals surface area contributed by atoms with Crippen LogP contribution >= 0.6 is 0 Å². The Labute approximate surface area is 165 Å². The van der Waals surface area contributed by atoms with Gasteiger partial charge in [-0.25, -0.2) is 0 Å². The molecule has 1 N–H and O–H groups in total. The lowest BCUT2D eigenvalue weighted by Crippen LogP contribution is -2.60. The summed E-state index contributed by atoms with van der Waals surface area (Å²) in [6.45, 7) is 6.00. The van der Waals surface area contributed by atoms with E-state index in [0.29, 0.717) is 18.7 Å². The topological polar surface area (TPSA) is 65.5 Å². The molecule has 28 heavy (non-hydrogen) atoms. The monoisotopic (exact) mass is 378 g/mol. The number of para-hydroxylation sites is 1. The zero-order chi connectivity index (χ0) is 19.7. The van der Waals surface area contributed by atoms with Gasteiger partial charge in [-0.2, -0.15) is 0 Å². The first-order valence-electron chi connectivity index (χ1n) is 9.95. The molecule has 0 unspecified atom stereocenters. The van der Waals surface area contributed by atoms with Crippen LogP contribution in [0.1, 0.15) is 46.5 Å². The molecule has 1 aromatic carbocycles. The zero-order valence-corrected chi connectivity index (χ0v) is 16.4. The van der Waals surface area contributed by atoms with Crippen LogP contribution in [0.15, 0.2) is 42.7 Å². The van der Waals surface area contributed by atoms with E-state index in [1.54, 1.807) is 24.5 Å². The van der Waals surface area contributed by atoms with Gasteiger partial charge in [0.15, 0.2) is 0 Å². The SMILES string of the molecule is C[C@@H]1[C@@H](C)N(C(=O)c2cccc3c2NCCC3)CCN1C(=O)c1ccncc1. The van der Waals surface area contributed by atoms with Crippen LogP contribution in [0.5, 0.6) is 0 Å². The lowest BCUT2D eigenvalue weighted by Gasteiger charge is -2.45. The summed E-state index contributed by atoms with van der Waals surface area (Å²) in [7, 11) is 0. The van der Waals surface area contributed by atoms with E-state index in [1.165, 1.54) is 5.56 Å². The molecule has 6 heteroatoms. The zero-order valence-electron chi connectivity index (χ0n) is 16.4. The largest absolute Gasteiger partial charge is 0.384 e. The fourth-order valence-electron chi connectivity index (χ4n) is 4.22. The average Bonchev–Trinajstić information content (AvgIpc) is 2.75. The van der Waals surface area contributed by atoms with Crippen molar-refractivity contribution in [1.29, 1.82) is 0 Å². The number of hydrogen-bond donors (Lipinski definition) is 1. The van der Waals surface area contributed by atoms with Gasteiger partial charge in [0.05, 0.1) is 11.3 Å². The van der Waals surface area contributed by atoms with Gasteiger partial charge in [0, 0.05) is 49.7 Å². The summed E-state index contributed by atoms with van der Waals surface area (Å²) in [5.41, 5.74) is 3.57.